The van der Waals surface area contributed by atoms with E-state index in [4.69, 9.17) is 0 Å². The molecule has 2 aromatic carbocycles. The van der Waals surface area contributed by atoms with Crippen molar-refractivity contribution in [2.45, 2.75) is 6.18 Å². The Labute approximate surface area is 139 Å². The average molecular weight is 383 g/mol. The van der Waals surface area contributed by atoms with Gasteiger partial charge in [-0.2, -0.15) is 13.2 Å². The molecule has 26 heavy (non-hydrogen) atoms. The summed E-state index contributed by atoms with van der Waals surface area (Å²) in [5.74, 6) is -15.6. The highest BCUT2D eigenvalue weighted by molar-refractivity contribution is 6.10. The van der Waals surface area contributed by atoms with Crippen molar-refractivity contribution in [1.82, 2.24) is 5.32 Å². The molecule has 0 saturated heterocycles. The summed E-state index contributed by atoms with van der Waals surface area (Å²) in [5.41, 5.74) is -3.53. The van der Waals surface area contributed by atoms with Crippen LogP contribution in [0.25, 0.3) is 0 Å². The molecule has 0 unspecified atom stereocenters. The number of imide groups is 1. The van der Waals surface area contributed by atoms with E-state index < -0.39 is 63.8 Å². The van der Waals surface area contributed by atoms with Gasteiger partial charge in [0.05, 0.1) is 5.56 Å². The molecule has 0 fully saturated rings. The Kier molecular flexibility index (Phi) is 5.01. The molecule has 0 heterocycles. The largest absolute Gasteiger partial charge is 0.416 e. The van der Waals surface area contributed by atoms with Gasteiger partial charge >= 0.3 is 6.18 Å². The molecular weight excluding hydrogens is 378 g/mol. The third-order valence-electron chi connectivity index (χ3n) is 3.14. The van der Waals surface area contributed by atoms with Gasteiger partial charge in [0.25, 0.3) is 11.8 Å². The van der Waals surface area contributed by atoms with E-state index in [1.807, 2.05) is 0 Å². The minimum absolute atomic E-state index is 0.498. The van der Waals surface area contributed by atoms with E-state index >= 15 is 0 Å². The van der Waals surface area contributed by atoms with Gasteiger partial charge in [-0.25, -0.2) is 22.0 Å². The molecule has 0 atom stereocenters. The SMILES string of the molecule is O=C(NC(=O)c1c(F)c(F)c(F)c(F)c1F)c1ccc(C(F)(F)F)cc1. The Hall–Kier alpha value is -2.98. The van der Waals surface area contributed by atoms with E-state index in [2.05, 4.69) is 0 Å². The number of hydrogen-bond acceptors (Lipinski definition) is 2. The molecule has 0 bridgehead atoms. The summed E-state index contributed by atoms with van der Waals surface area (Å²) < 4.78 is 103. The highest BCUT2D eigenvalue weighted by atomic mass is 19.4. The molecule has 0 aromatic heterocycles. The van der Waals surface area contributed by atoms with Gasteiger partial charge in [-0.15, -0.1) is 0 Å². The maximum atomic E-state index is 13.5. The van der Waals surface area contributed by atoms with Crippen LogP contribution in [0.15, 0.2) is 24.3 Å². The minimum atomic E-state index is -4.69. The van der Waals surface area contributed by atoms with Crippen LogP contribution in [0.1, 0.15) is 26.3 Å². The van der Waals surface area contributed by atoms with Crippen molar-refractivity contribution in [3.63, 3.8) is 0 Å². The number of amides is 2. The summed E-state index contributed by atoms with van der Waals surface area (Å²) in [7, 11) is 0. The third-order valence-corrected chi connectivity index (χ3v) is 3.14. The first kappa shape index (κ1) is 19.3. The van der Waals surface area contributed by atoms with Crippen LogP contribution in [-0.4, -0.2) is 11.8 Å². The Morgan fingerprint density at radius 3 is 1.54 bits per heavy atom. The highest BCUT2D eigenvalue weighted by Crippen LogP contribution is 2.29. The number of nitrogens with one attached hydrogen (secondary N) is 1. The van der Waals surface area contributed by atoms with Crippen molar-refractivity contribution in [2.24, 2.45) is 0 Å². The van der Waals surface area contributed by atoms with Gasteiger partial charge in [0.1, 0.15) is 5.56 Å². The smallest absolute Gasteiger partial charge is 0.288 e. The zero-order valence-corrected chi connectivity index (χ0v) is 12.1. The van der Waals surface area contributed by atoms with Gasteiger partial charge in [-0.3, -0.25) is 14.9 Å². The molecule has 2 rings (SSSR count). The summed E-state index contributed by atoms with van der Waals surface area (Å²) in [4.78, 5) is 23.4. The van der Waals surface area contributed by atoms with Gasteiger partial charge in [-0.05, 0) is 24.3 Å². The zero-order chi connectivity index (χ0) is 19.8. The molecule has 0 aliphatic heterocycles. The van der Waals surface area contributed by atoms with Gasteiger partial charge < -0.3 is 0 Å². The highest BCUT2D eigenvalue weighted by Gasteiger charge is 2.32. The van der Waals surface area contributed by atoms with Crippen molar-refractivity contribution < 1.29 is 44.7 Å². The van der Waals surface area contributed by atoms with E-state index in [0.29, 0.717) is 24.3 Å². The Morgan fingerprint density at radius 1 is 0.692 bits per heavy atom. The van der Waals surface area contributed by atoms with Gasteiger partial charge in [-0.1, -0.05) is 0 Å². The Morgan fingerprint density at radius 2 is 1.12 bits per heavy atom. The number of halogens is 8. The lowest BCUT2D eigenvalue weighted by molar-refractivity contribution is -0.137. The molecule has 0 radical (unpaired) electrons. The predicted octanol–water partition coefficient (Wildman–Crippen LogP) is 3.97. The first-order chi connectivity index (χ1) is 11.9. The van der Waals surface area contributed by atoms with Crippen molar-refractivity contribution >= 4 is 11.8 Å². The van der Waals surface area contributed by atoms with E-state index in [9.17, 15) is 44.7 Å². The lowest BCUT2D eigenvalue weighted by atomic mass is 10.1. The number of carbonyl (C=O) groups is 2. The second kappa shape index (κ2) is 6.73. The van der Waals surface area contributed by atoms with Crippen LogP contribution >= 0.6 is 0 Å². The Balaban J connectivity index is 2.30. The Bertz CT molecular complexity index is 861. The minimum Gasteiger partial charge on any atom is -0.288 e. The fraction of sp³-hybridized carbons (Fsp3) is 0.0667. The van der Waals surface area contributed by atoms with Crippen LogP contribution in [0.5, 0.6) is 0 Å². The molecule has 0 spiro atoms. The molecule has 1 N–H and O–H groups in total. The number of carbonyl (C=O) groups excluding carboxylic acids is 2. The second-order valence-electron chi connectivity index (χ2n) is 4.80. The van der Waals surface area contributed by atoms with Crippen molar-refractivity contribution in [1.29, 1.82) is 0 Å². The second-order valence-corrected chi connectivity index (χ2v) is 4.80. The van der Waals surface area contributed by atoms with E-state index in [1.54, 1.807) is 0 Å². The summed E-state index contributed by atoms with van der Waals surface area (Å²) in [5, 5.41) is 1.33. The molecule has 3 nitrogen and oxygen atoms in total. The number of benzene rings is 2. The predicted molar refractivity (Wildman–Crippen MR) is 69.5 cm³/mol. The molecule has 0 aliphatic carbocycles. The first-order valence-corrected chi connectivity index (χ1v) is 6.49. The summed E-state index contributed by atoms with van der Waals surface area (Å²) in [6, 6.07) is 2.31. The lowest BCUT2D eigenvalue weighted by Gasteiger charge is -2.09. The third kappa shape index (κ3) is 3.51. The van der Waals surface area contributed by atoms with Crippen LogP contribution in [0.4, 0.5) is 35.1 Å². The topological polar surface area (TPSA) is 46.2 Å². The van der Waals surface area contributed by atoms with Gasteiger partial charge in [0.2, 0.25) is 5.82 Å². The summed E-state index contributed by atoms with van der Waals surface area (Å²) >= 11 is 0. The van der Waals surface area contributed by atoms with Crippen molar-refractivity contribution in [3.8, 4) is 0 Å². The van der Waals surface area contributed by atoms with Crippen LogP contribution in [0, 0.1) is 29.1 Å². The average Bonchev–Trinajstić information content (AvgIpc) is 2.57. The van der Waals surface area contributed by atoms with E-state index in [0.717, 1.165) is 0 Å². The summed E-state index contributed by atoms with van der Waals surface area (Å²) in [6.07, 6.45) is -4.69. The lowest BCUT2D eigenvalue weighted by Crippen LogP contribution is -2.32. The normalized spacial score (nSPS) is 11.4. The standard InChI is InChI=1S/C15H5F8NO2/c16-8-7(9(17)11(19)12(20)10(8)18)14(26)24-13(25)5-1-3-6(4-2-5)15(21,22)23/h1-4H,(H,24,25,26). The zero-order valence-electron chi connectivity index (χ0n) is 12.1. The summed E-state index contributed by atoms with van der Waals surface area (Å²) in [6.45, 7) is 0. The molecule has 0 aliphatic rings. The van der Waals surface area contributed by atoms with Gasteiger partial charge in [0, 0.05) is 5.56 Å². The molecule has 0 saturated carbocycles. The van der Waals surface area contributed by atoms with Crippen LogP contribution in [0.2, 0.25) is 0 Å². The number of hydrogen-bond donors (Lipinski definition) is 1. The fourth-order valence-electron chi connectivity index (χ4n) is 1.85. The van der Waals surface area contributed by atoms with Crippen LogP contribution in [0.3, 0.4) is 0 Å². The quantitative estimate of drug-likeness (QED) is 0.369. The monoisotopic (exact) mass is 383 g/mol. The van der Waals surface area contributed by atoms with E-state index in [1.165, 1.54) is 5.32 Å². The van der Waals surface area contributed by atoms with Crippen molar-refractivity contribution in [2.75, 3.05) is 0 Å². The number of alkyl halides is 3. The first-order valence-electron chi connectivity index (χ1n) is 6.49. The van der Waals surface area contributed by atoms with Crippen LogP contribution < -0.4 is 5.32 Å². The molecule has 138 valence electrons. The van der Waals surface area contributed by atoms with Crippen molar-refractivity contribution in [3.05, 3.63) is 70.0 Å². The molecule has 11 heteroatoms. The number of rotatable bonds is 2. The fourth-order valence-corrected chi connectivity index (χ4v) is 1.85. The van der Waals surface area contributed by atoms with E-state index in [-0.39, 0.29) is 0 Å². The molecular formula is C15H5F8NO2. The van der Waals surface area contributed by atoms with Crippen LogP contribution in [-0.2, 0) is 6.18 Å². The molecule has 2 aromatic rings. The molecule has 2 amide bonds. The maximum absolute atomic E-state index is 13.5. The van der Waals surface area contributed by atoms with Gasteiger partial charge in [0.15, 0.2) is 23.3 Å². The maximum Gasteiger partial charge on any atom is 0.416 e.